The molecule has 2 aromatic heterocycles. The molecule has 0 spiro atoms. The molecule has 0 bridgehead atoms. The number of carboxylic acid groups (broad SMARTS) is 2. The number of nitrogens with zero attached hydrogens (tertiary/aromatic N) is 3. The zero-order chi connectivity index (χ0) is 41.8. The number of benzene rings is 5. The van der Waals surface area contributed by atoms with E-state index in [-0.39, 0.29) is 11.3 Å². The quantitative estimate of drug-likeness (QED) is 0.0763. The van der Waals surface area contributed by atoms with Crippen molar-refractivity contribution in [3.63, 3.8) is 0 Å². The Hall–Kier alpha value is -7.53. The van der Waals surface area contributed by atoms with Crippen LogP contribution in [0, 0.1) is 17.9 Å². The van der Waals surface area contributed by atoms with Crippen molar-refractivity contribution in [2.45, 2.75) is 0 Å². The van der Waals surface area contributed by atoms with Crippen LogP contribution < -0.4 is 4.90 Å². The SMILES string of the molecule is [C-]#[N+]C(=Cc1ccc(C(=Cc2ccc(N(c3ccc(Cl)cc3)c3ccc(C=C4c5ccccc5-c5cc(C=C(C#N)C(=O)O)ccc54)cc3)cc2)c2ccsc2)s1)C(=O)O. The summed E-state index contributed by atoms with van der Waals surface area (Å²) in [5.41, 5.74) is 12.0. The molecule has 7 nitrogen and oxygen atoms in total. The highest BCUT2D eigenvalue weighted by atomic mass is 35.5. The van der Waals surface area contributed by atoms with Crippen molar-refractivity contribution >= 4 is 98.7 Å². The Kier molecular flexibility index (Phi) is 11.2. The minimum Gasteiger partial charge on any atom is -0.486 e. The normalized spacial score (nSPS) is 13.0. The molecule has 2 N–H and O–H groups in total. The summed E-state index contributed by atoms with van der Waals surface area (Å²) in [7, 11) is 0. The minimum absolute atomic E-state index is 0.322. The highest BCUT2D eigenvalue weighted by molar-refractivity contribution is 7.14. The fourth-order valence-electron chi connectivity index (χ4n) is 7.05. The van der Waals surface area contributed by atoms with Crippen molar-refractivity contribution in [2.75, 3.05) is 4.90 Å². The van der Waals surface area contributed by atoms with E-state index in [4.69, 9.17) is 18.2 Å². The smallest absolute Gasteiger partial charge is 0.346 e. The number of nitriles is 1. The molecule has 288 valence electrons. The third-order valence-corrected chi connectivity index (χ3v) is 11.9. The van der Waals surface area contributed by atoms with Gasteiger partial charge in [0.05, 0.1) is 6.57 Å². The van der Waals surface area contributed by atoms with E-state index >= 15 is 0 Å². The molecule has 0 amide bonds. The molecule has 5 aromatic carbocycles. The van der Waals surface area contributed by atoms with Crippen LogP contribution in [0.3, 0.4) is 0 Å². The first-order valence-corrected chi connectivity index (χ1v) is 20.6. The molecule has 0 unspecified atom stereocenters. The monoisotopic (exact) mass is 835 g/mol. The van der Waals surface area contributed by atoms with Crippen molar-refractivity contribution in [2.24, 2.45) is 0 Å². The summed E-state index contributed by atoms with van der Waals surface area (Å²) in [5.74, 6) is -2.51. The van der Waals surface area contributed by atoms with Crippen LogP contribution in [0.2, 0.25) is 5.02 Å². The lowest BCUT2D eigenvalue weighted by Gasteiger charge is -2.26. The first-order chi connectivity index (χ1) is 29.2. The van der Waals surface area contributed by atoms with Crippen LogP contribution in [0.15, 0.2) is 155 Å². The van der Waals surface area contributed by atoms with Gasteiger partial charge in [-0.15, -0.1) is 11.3 Å². The molecule has 0 saturated heterocycles. The van der Waals surface area contributed by atoms with Gasteiger partial charge in [0.2, 0.25) is 0 Å². The number of aliphatic carboxylic acids is 2. The lowest BCUT2D eigenvalue weighted by Crippen LogP contribution is -2.09. The van der Waals surface area contributed by atoms with Gasteiger partial charge in [0, 0.05) is 37.4 Å². The average Bonchev–Trinajstić information content (AvgIpc) is 4.04. The predicted molar refractivity (Wildman–Crippen MR) is 244 cm³/mol. The van der Waals surface area contributed by atoms with Gasteiger partial charge in [0.25, 0.3) is 5.70 Å². The Morgan fingerprint density at radius 1 is 0.700 bits per heavy atom. The highest BCUT2D eigenvalue weighted by Crippen LogP contribution is 2.46. The number of rotatable bonds is 11. The summed E-state index contributed by atoms with van der Waals surface area (Å²) in [6.07, 6.45) is 7.07. The number of carboxylic acids is 2. The number of thiophene rings is 2. The maximum atomic E-state index is 11.5. The fraction of sp³-hybridized carbons (Fsp3) is 0. The van der Waals surface area contributed by atoms with Crippen LogP contribution in [0.25, 0.3) is 51.4 Å². The summed E-state index contributed by atoms with van der Waals surface area (Å²) in [5, 5.41) is 32.8. The van der Waals surface area contributed by atoms with Crippen molar-refractivity contribution in [3.05, 3.63) is 215 Å². The molecule has 60 heavy (non-hydrogen) atoms. The number of carbonyl (C=O) groups is 2. The fourth-order valence-corrected chi connectivity index (χ4v) is 8.81. The van der Waals surface area contributed by atoms with E-state index in [9.17, 15) is 25.1 Å². The third kappa shape index (κ3) is 8.23. The van der Waals surface area contributed by atoms with Crippen LogP contribution >= 0.6 is 34.3 Å². The molecule has 8 rings (SSSR count). The van der Waals surface area contributed by atoms with Gasteiger partial charge >= 0.3 is 11.9 Å². The molecule has 10 heteroatoms. The van der Waals surface area contributed by atoms with E-state index in [1.165, 1.54) is 23.5 Å². The molecule has 0 saturated carbocycles. The molecule has 2 heterocycles. The Morgan fingerprint density at radius 3 is 1.95 bits per heavy atom. The second kappa shape index (κ2) is 17.1. The number of hydrogen-bond donors (Lipinski definition) is 2. The first-order valence-electron chi connectivity index (χ1n) is 18.4. The van der Waals surface area contributed by atoms with Gasteiger partial charge in [0.15, 0.2) is 0 Å². The zero-order valence-corrected chi connectivity index (χ0v) is 33.8. The molecule has 0 aliphatic heterocycles. The Balaban J connectivity index is 1.12. The number of fused-ring (bicyclic) bond motifs is 3. The standard InChI is InChI=1S/C50H30ClN3O4S2/c1-53-47(50(57)58)28-40-19-21-48(60-40)44(34-22-23-59-30-34)25-31-6-13-37(14-7-31)54(39-17-11-36(51)12-18-39)38-15-8-32(9-16-38)26-45-41-4-2-3-5-42(41)46-27-33(10-20-43(45)46)24-35(29-52)49(55)56/h2-28,30H,(H,55,56)(H,57,58). The number of halogens is 1. The molecule has 0 radical (unpaired) electrons. The number of anilines is 3. The Bertz CT molecular complexity index is 3000. The van der Waals surface area contributed by atoms with Gasteiger partial charge in [-0.1, -0.05) is 72.3 Å². The van der Waals surface area contributed by atoms with Crippen LogP contribution in [0.1, 0.15) is 43.1 Å². The highest BCUT2D eigenvalue weighted by Gasteiger charge is 2.24. The largest absolute Gasteiger partial charge is 0.486 e. The summed E-state index contributed by atoms with van der Waals surface area (Å²) in [4.78, 5) is 29.9. The van der Waals surface area contributed by atoms with E-state index in [1.54, 1.807) is 17.4 Å². The van der Waals surface area contributed by atoms with Crippen LogP contribution in [-0.4, -0.2) is 22.2 Å². The molecule has 1 aliphatic rings. The maximum Gasteiger partial charge on any atom is 0.346 e. The van der Waals surface area contributed by atoms with Crippen LogP contribution in [0.4, 0.5) is 17.1 Å². The van der Waals surface area contributed by atoms with Crippen molar-refractivity contribution < 1.29 is 19.8 Å². The van der Waals surface area contributed by atoms with Crippen molar-refractivity contribution in [1.29, 1.82) is 5.26 Å². The van der Waals surface area contributed by atoms with Gasteiger partial charge in [-0.2, -0.15) is 16.6 Å². The third-order valence-electron chi connectivity index (χ3n) is 9.86. The summed E-state index contributed by atoms with van der Waals surface area (Å²) < 4.78 is 0. The van der Waals surface area contributed by atoms with Gasteiger partial charge in [-0.25, -0.2) is 9.64 Å². The molecule has 7 aromatic rings. The Morgan fingerprint density at radius 2 is 1.33 bits per heavy atom. The lowest BCUT2D eigenvalue weighted by atomic mass is 9.99. The number of hydrogen-bond acceptors (Lipinski definition) is 6. The van der Waals surface area contributed by atoms with E-state index in [1.807, 2.05) is 72.1 Å². The first kappa shape index (κ1) is 39.3. The molecule has 0 atom stereocenters. The van der Waals surface area contributed by atoms with E-state index < -0.39 is 11.9 Å². The van der Waals surface area contributed by atoms with E-state index in [2.05, 4.69) is 94.0 Å². The summed E-state index contributed by atoms with van der Waals surface area (Å²) in [6.45, 7) is 7.23. The Labute approximate surface area is 359 Å². The lowest BCUT2D eigenvalue weighted by molar-refractivity contribution is -0.133. The van der Waals surface area contributed by atoms with Crippen molar-refractivity contribution in [3.8, 4) is 17.2 Å². The van der Waals surface area contributed by atoms with Crippen LogP contribution in [-0.2, 0) is 9.59 Å². The summed E-state index contributed by atoms with van der Waals surface area (Å²) in [6, 6.07) is 45.8. The van der Waals surface area contributed by atoms with Gasteiger partial charge in [-0.05, 0) is 158 Å². The van der Waals surface area contributed by atoms with Crippen molar-refractivity contribution in [1.82, 2.24) is 0 Å². The second-order valence-corrected chi connectivity index (χ2v) is 15.9. The molecule has 0 fully saturated rings. The minimum atomic E-state index is -1.26. The topological polar surface area (TPSA) is 106 Å². The second-order valence-electron chi connectivity index (χ2n) is 13.6. The van der Waals surface area contributed by atoms with Crippen LogP contribution in [0.5, 0.6) is 0 Å². The zero-order valence-electron chi connectivity index (χ0n) is 31.4. The molecular weight excluding hydrogens is 806 g/mol. The van der Waals surface area contributed by atoms with E-state index in [0.717, 1.165) is 72.0 Å². The maximum absolute atomic E-state index is 11.5. The molecule has 1 aliphatic carbocycles. The predicted octanol–water partition coefficient (Wildman–Crippen LogP) is 13.4. The van der Waals surface area contributed by atoms with Gasteiger partial charge in [0.1, 0.15) is 11.6 Å². The summed E-state index contributed by atoms with van der Waals surface area (Å²) >= 11 is 9.36. The molecular formula is C50H30ClN3O4S2. The van der Waals surface area contributed by atoms with Gasteiger partial charge in [-0.3, -0.25) is 4.79 Å². The van der Waals surface area contributed by atoms with Gasteiger partial charge < -0.3 is 15.1 Å². The van der Waals surface area contributed by atoms with E-state index in [0.29, 0.717) is 15.5 Å². The average molecular weight is 836 g/mol.